The van der Waals surface area contributed by atoms with Crippen LogP contribution in [0.2, 0.25) is 0 Å². The highest BCUT2D eigenvalue weighted by Crippen LogP contribution is 2.42. The Bertz CT molecular complexity index is 1080. The molecule has 3 rings (SSSR count). The van der Waals surface area contributed by atoms with Gasteiger partial charge < -0.3 is 25.4 Å². The molecule has 0 spiro atoms. The Labute approximate surface area is 186 Å². The molecule has 9 heteroatoms. The number of carbonyl (C=O) groups is 3. The molecule has 0 bridgehead atoms. The molecule has 1 unspecified atom stereocenters. The zero-order chi connectivity index (χ0) is 23.4. The average molecular weight is 438 g/mol. The molecule has 3 amide bonds. The Kier molecular flexibility index (Phi) is 6.77. The predicted octanol–water partition coefficient (Wildman–Crippen LogP) is 2.76. The van der Waals surface area contributed by atoms with E-state index in [0.29, 0.717) is 40.7 Å². The van der Waals surface area contributed by atoms with Gasteiger partial charge >= 0.3 is 0 Å². The molecule has 0 radical (unpaired) electrons. The number of carbonyl (C=O) groups excluding carboxylic acids is 3. The molecule has 2 aromatic rings. The molecule has 1 aliphatic rings. The van der Waals surface area contributed by atoms with Crippen LogP contribution in [-0.2, 0) is 14.4 Å². The van der Waals surface area contributed by atoms with Gasteiger partial charge in [0.25, 0.3) is 0 Å². The highest BCUT2D eigenvalue weighted by atomic mass is 16.5. The Morgan fingerprint density at radius 2 is 1.75 bits per heavy atom. The van der Waals surface area contributed by atoms with Crippen molar-refractivity contribution in [3.8, 4) is 11.5 Å². The van der Waals surface area contributed by atoms with Gasteiger partial charge in [0.05, 0.1) is 19.9 Å². The van der Waals surface area contributed by atoms with Crippen molar-refractivity contribution in [1.29, 1.82) is 0 Å². The first-order chi connectivity index (χ1) is 15.3. The lowest BCUT2D eigenvalue weighted by atomic mass is 9.93. The summed E-state index contributed by atoms with van der Waals surface area (Å²) in [4.78, 5) is 41.9. The summed E-state index contributed by atoms with van der Waals surface area (Å²) in [6.07, 6.45) is 0.550. The number of nitrogens with one attached hydrogen (secondary N) is 1. The summed E-state index contributed by atoms with van der Waals surface area (Å²) in [7, 11) is 3.08. The van der Waals surface area contributed by atoms with Crippen molar-refractivity contribution in [3.05, 3.63) is 42.0 Å². The summed E-state index contributed by atoms with van der Waals surface area (Å²) in [6, 6.07) is 10.4. The third kappa shape index (κ3) is 4.56. The van der Waals surface area contributed by atoms with Crippen LogP contribution < -0.4 is 25.4 Å². The van der Waals surface area contributed by atoms with E-state index in [1.54, 1.807) is 43.5 Å². The van der Waals surface area contributed by atoms with Gasteiger partial charge in [-0.25, -0.2) is 0 Å². The smallest absolute Gasteiger partial charge is 0.237 e. The first-order valence-electron chi connectivity index (χ1n) is 10.1. The minimum atomic E-state index is -0.603. The van der Waals surface area contributed by atoms with Crippen molar-refractivity contribution < 1.29 is 23.9 Å². The lowest BCUT2D eigenvalue weighted by Gasteiger charge is -2.19. The zero-order valence-electron chi connectivity index (χ0n) is 18.5. The van der Waals surface area contributed by atoms with Crippen LogP contribution in [0, 0.1) is 0 Å². The van der Waals surface area contributed by atoms with Crippen LogP contribution in [0.25, 0.3) is 0 Å². The van der Waals surface area contributed by atoms with Crippen molar-refractivity contribution in [2.24, 2.45) is 10.7 Å². The van der Waals surface area contributed by atoms with Gasteiger partial charge in [-0.3, -0.25) is 19.4 Å². The summed E-state index contributed by atoms with van der Waals surface area (Å²) in [5.41, 5.74) is 8.51. The SMILES string of the molecule is CCC(=Nc1ccc(N(CC(N)=O)C(C)=O)cc1)C1C(=O)Nc2cc(OC)c(OC)cc21. The van der Waals surface area contributed by atoms with E-state index >= 15 is 0 Å². The first kappa shape index (κ1) is 22.8. The van der Waals surface area contributed by atoms with Crippen molar-refractivity contribution in [3.63, 3.8) is 0 Å². The highest BCUT2D eigenvalue weighted by molar-refractivity contribution is 6.19. The Morgan fingerprint density at radius 3 is 2.28 bits per heavy atom. The van der Waals surface area contributed by atoms with Crippen LogP contribution in [0.15, 0.2) is 41.4 Å². The summed E-state index contributed by atoms with van der Waals surface area (Å²) in [6.45, 7) is 3.09. The molecule has 168 valence electrons. The van der Waals surface area contributed by atoms with Crippen LogP contribution in [0.3, 0.4) is 0 Å². The monoisotopic (exact) mass is 438 g/mol. The van der Waals surface area contributed by atoms with Crippen LogP contribution in [-0.4, -0.2) is 44.2 Å². The fraction of sp³-hybridized carbons (Fsp3) is 0.304. The number of fused-ring (bicyclic) bond motifs is 1. The number of benzene rings is 2. The van der Waals surface area contributed by atoms with Crippen molar-refractivity contribution >= 4 is 40.5 Å². The van der Waals surface area contributed by atoms with E-state index in [0.717, 1.165) is 5.56 Å². The maximum absolute atomic E-state index is 12.8. The van der Waals surface area contributed by atoms with Crippen molar-refractivity contribution in [1.82, 2.24) is 0 Å². The molecular weight excluding hydrogens is 412 g/mol. The van der Waals surface area contributed by atoms with E-state index < -0.39 is 11.8 Å². The Balaban J connectivity index is 1.94. The van der Waals surface area contributed by atoms with Crippen molar-refractivity contribution in [2.75, 3.05) is 31.0 Å². The van der Waals surface area contributed by atoms with Gasteiger partial charge in [0.1, 0.15) is 12.5 Å². The number of rotatable bonds is 8. The number of nitrogens with zero attached hydrogens (tertiary/aromatic N) is 2. The molecule has 0 saturated heterocycles. The molecule has 0 saturated carbocycles. The first-order valence-corrected chi connectivity index (χ1v) is 10.1. The largest absolute Gasteiger partial charge is 0.493 e. The highest BCUT2D eigenvalue weighted by Gasteiger charge is 2.35. The van der Waals surface area contributed by atoms with Gasteiger partial charge in [0, 0.05) is 30.1 Å². The van der Waals surface area contributed by atoms with E-state index in [1.165, 1.54) is 18.9 Å². The van der Waals surface area contributed by atoms with E-state index in [2.05, 4.69) is 5.32 Å². The topological polar surface area (TPSA) is 123 Å². The average Bonchev–Trinajstić information content (AvgIpc) is 3.09. The number of ether oxygens (including phenoxy) is 2. The molecule has 0 aliphatic carbocycles. The second-order valence-electron chi connectivity index (χ2n) is 7.26. The summed E-state index contributed by atoms with van der Waals surface area (Å²) >= 11 is 0. The fourth-order valence-corrected chi connectivity index (χ4v) is 3.68. The fourth-order valence-electron chi connectivity index (χ4n) is 3.68. The van der Waals surface area contributed by atoms with Crippen LogP contribution in [0.5, 0.6) is 11.5 Å². The van der Waals surface area contributed by atoms with E-state index in [4.69, 9.17) is 20.2 Å². The number of amides is 3. The van der Waals surface area contributed by atoms with E-state index in [-0.39, 0.29) is 18.4 Å². The molecule has 1 aliphatic heterocycles. The van der Waals surface area contributed by atoms with Gasteiger partial charge in [-0.05, 0) is 42.3 Å². The van der Waals surface area contributed by atoms with E-state index in [1.807, 2.05) is 6.92 Å². The summed E-state index contributed by atoms with van der Waals surface area (Å²) in [5.74, 6) is -0.559. The lowest BCUT2D eigenvalue weighted by Crippen LogP contribution is -2.37. The van der Waals surface area contributed by atoms with Gasteiger partial charge in [-0.1, -0.05) is 6.92 Å². The number of anilines is 2. The van der Waals surface area contributed by atoms with Gasteiger partial charge in [-0.15, -0.1) is 0 Å². The normalized spacial score (nSPS) is 15.1. The molecule has 2 aromatic carbocycles. The van der Waals surface area contributed by atoms with Crippen LogP contribution in [0.1, 0.15) is 31.7 Å². The molecule has 0 aromatic heterocycles. The van der Waals surface area contributed by atoms with Crippen molar-refractivity contribution in [2.45, 2.75) is 26.2 Å². The second kappa shape index (κ2) is 9.51. The van der Waals surface area contributed by atoms with Crippen LogP contribution in [0.4, 0.5) is 17.1 Å². The second-order valence-corrected chi connectivity index (χ2v) is 7.26. The minimum absolute atomic E-state index is 0.170. The predicted molar refractivity (Wildman–Crippen MR) is 122 cm³/mol. The molecule has 32 heavy (non-hydrogen) atoms. The third-order valence-electron chi connectivity index (χ3n) is 5.21. The number of methoxy groups -OCH3 is 2. The van der Waals surface area contributed by atoms with E-state index in [9.17, 15) is 14.4 Å². The number of nitrogens with two attached hydrogens (primary N) is 1. The number of primary amides is 1. The number of aliphatic imine (C=N–C) groups is 1. The molecular formula is C23H26N4O5. The summed E-state index contributed by atoms with van der Waals surface area (Å²) < 4.78 is 10.7. The molecule has 9 nitrogen and oxygen atoms in total. The van der Waals surface area contributed by atoms with Crippen LogP contribution >= 0.6 is 0 Å². The molecule has 0 fully saturated rings. The quantitative estimate of drug-likeness (QED) is 0.614. The minimum Gasteiger partial charge on any atom is -0.493 e. The third-order valence-corrected chi connectivity index (χ3v) is 5.21. The zero-order valence-corrected chi connectivity index (χ0v) is 18.5. The lowest BCUT2D eigenvalue weighted by molar-refractivity contribution is -0.121. The molecule has 1 heterocycles. The Hall–Kier alpha value is -3.88. The van der Waals surface area contributed by atoms with Gasteiger partial charge in [-0.2, -0.15) is 0 Å². The number of hydrogen-bond acceptors (Lipinski definition) is 6. The Morgan fingerprint density at radius 1 is 1.12 bits per heavy atom. The van der Waals surface area contributed by atoms with Gasteiger partial charge in [0.15, 0.2) is 11.5 Å². The standard InChI is InChI=1S/C23H26N4O5/c1-5-17(22-16-10-19(31-3)20(32-4)11-18(16)26-23(22)30)25-14-6-8-15(9-7-14)27(13(2)28)12-21(24)29/h6-11,22H,5,12H2,1-4H3,(H2,24,29)(H,26,30). The van der Waals surface area contributed by atoms with Gasteiger partial charge in [0.2, 0.25) is 17.7 Å². The maximum atomic E-state index is 12.8. The summed E-state index contributed by atoms with van der Waals surface area (Å²) in [5, 5.41) is 2.89. The molecule has 3 N–H and O–H groups in total. The maximum Gasteiger partial charge on any atom is 0.237 e. The number of hydrogen-bond donors (Lipinski definition) is 2. The molecule has 1 atom stereocenters.